The largest absolute Gasteiger partial charge is 0.444 e. The van der Waals surface area contributed by atoms with Gasteiger partial charge < -0.3 is 19.9 Å². The summed E-state index contributed by atoms with van der Waals surface area (Å²) in [7, 11) is 0. The van der Waals surface area contributed by atoms with Gasteiger partial charge in [-0.1, -0.05) is 0 Å². The van der Waals surface area contributed by atoms with E-state index in [1.165, 1.54) is 11.1 Å². The number of piperidine rings is 2. The Morgan fingerprint density at radius 3 is 2.59 bits per heavy atom. The van der Waals surface area contributed by atoms with Gasteiger partial charge in [0.2, 0.25) is 17.7 Å². The van der Waals surface area contributed by atoms with E-state index in [4.69, 9.17) is 4.74 Å². The lowest BCUT2D eigenvalue weighted by Gasteiger charge is -2.56. The molecule has 2 bridgehead atoms. The predicted octanol–water partition coefficient (Wildman–Crippen LogP) is 0.865. The third kappa shape index (κ3) is 5.15. The second kappa shape index (κ2) is 9.40. The first-order valence-corrected chi connectivity index (χ1v) is 12.7. The van der Waals surface area contributed by atoms with Crippen LogP contribution in [0.2, 0.25) is 0 Å². The number of hydrogen-bond donors (Lipinski definition) is 2. The van der Waals surface area contributed by atoms with Crippen molar-refractivity contribution in [3.05, 3.63) is 23.4 Å². The van der Waals surface area contributed by atoms with Gasteiger partial charge in [0.15, 0.2) is 0 Å². The summed E-state index contributed by atoms with van der Waals surface area (Å²) in [5, 5.41) is 5.08. The topological polar surface area (TPSA) is 141 Å². The fourth-order valence-electron chi connectivity index (χ4n) is 5.49. The molecule has 0 radical (unpaired) electrons. The number of carbonyl (C=O) groups excluding carboxylic acids is 5. The van der Waals surface area contributed by atoms with Crippen molar-refractivity contribution in [1.82, 2.24) is 25.0 Å². The smallest absolute Gasteiger partial charge is 0.410 e. The van der Waals surface area contributed by atoms with Gasteiger partial charge in [0.1, 0.15) is 17.5 Å². The summed E-state index contributed by atoms with van der Waals surface area (Å²) in [6.07, 6.45) is 2.88. The molecule has 4 saturated heterocycles. The molecule has 0 saturated carbocycles. The van der Waals surface area contributed by atoms with E-state index in [1.807, 2.05) is 20.8 Å². The fourth-order valence-corrected chi connectivity index (χ4v) is 5.49. The highest BCUT2D eigenvalue weighted by Gasteiger charge is 2.46. The number of carbonyl (C=O) groups is 5. The lowest BCUT2D eigenvalue weighted by Crippen LogP contribution is -2.69. The molecule has 6 heterocycles. The molecule has 3 atom stereocenters. The van der Waals surface area contributed by atoms with Gasteiger partial charge in [-0.15, -0.1) is 0 Å². The zero-order valence-electron chi connectivity index (χ0n) is 21.3. The summed E-state index contributed by atoms with van der Waals surface area (Å²) in [6.45, 7) is 7.54. The van der Waals surface area contributed by atoms with Crippen LogP contribution in [-0.4, -0.2) is 92.8 Å². The summed E-state index contributed by atoms with van der Waals surface area (Å²) in [4.78, 5) is 71.1. The Kier molecular flexibility index (Phi) is 6.38. The Balaban J connectivity index is 1.11. The lowest BCUT2D eigenvalue weighted by atomic mass is 9.87. The Hall–Kier alpha value is -3.54. The van der Waals surface area contributed by atoms with Crippen molar-refractivity contribution in [2.75, 3.05) is 25.0 Å². The third-order valence-electron chi connectivity index (χ3n) is 7.27. The van der Waals surface area contributed by atoms with E-state index in [2.05, 4.69) is 20.5 Å². The van der Waals surface area contributed by atoms with E-state index in [9.17, 15) is 24.0 Å². The Bertz CT molecular complexity index is 1150. The lowest BCUT2D eigenvalue weighted by molar-refractivity contribution is -0.137. The van der Waals surface area contributed by atoms with Crippen LogP contribution in [0.5, 0.6) is 0 Å². The molecule has 0 spiro atoms. The highest BCUT2D eigenvalue weighted by atomic mass is 16.6. The van der Waals surface area contributed by atoms with Crippen molar-refractivity contribution in [2.45, 2.75) is 76.7 Å². The van der Waals surface area contributed by atoms with E-state index in [1.54, 1.807) is 11.0 Å². The molecular formula is C25H32N6O6. The van der Waals surface area contributed by atoms with Crippen LogP contribution in [0.4, 0.5) is 10.6 Å². The molecule has 6 rings (SSSR count). The van der Waals surface area contributed by atoms with Crippen molar-refractivity contribution in [2.24, 2.45) is 0 Å². The minimum atomic E-state index is -0.696. The summed E-state index contributed by atoms with van der Waals surface area (Å²) in [5.74, 6) is -0.947. The molecule has 1 aromatic rings. The van der Waals surface area contributed by atoms with Crippen LogP contribution in [0.1, 0.15) is 62.4 Å². The number of imide groups is 1. The number of nitrogens with one attached hydrogen (secondary N) is 2. The highest BCUT2D eigenvalue weighted by Crippen LogP contribution is 2.33. The summed E-state index contributed by atoms with van der Waals surface area (Å²) in [6, 6.07) is 1.41. The molecule has 2 N–H and O–H groups in total. The standard InChI is InChI=1S/C25H32N6O6/c1-25(2,3)37-24(36)29-12-15-9-16(13-29)30(15)7-6-21(33)27-19-8-14-11-31(23(35)17(14)10-26-19)18-4-5-20(32)28-22(18)34/h8,10,15-16,18H,4-7,9,11-13H2,1-3H3,(H,26,27,33)(H,28,32,34). The molecule has 12 heteroatoms. The fraction of sp³-hybridized carbons (Fsp3) is 0.600. The third-order valence-corrected chi connectivity index (χ3v) is 7.27. The molecule has 12 nitrogen and oxygen atoms in total. The van der Waals surface area contributed by atoms with Gasteiger partial charge >= 0.3 is 6.09 Å². The number of aromatic nitrogens is 1. The van der Waals surface area contributed by atoms with E-state index >= 15 is 0 Å². The molecule has 0 aliphatic carbocycles. The number of nitrogens with zero attached hydrogens (tertiary/aromatic N) is 4. The zero-order valence-corrected chi connectivity index (χ0v) is 21.3. The Morgan fingerprint density at radius 1 is 1.19 bits per heavy atom. The van der Waals surface area contributed by atoms with Gasteiger partial charge in [0, 0.05) is 57.3 Å². The van der Waals surface area contributed by atoms with Crippen LogP contribution in [0.25, 0.3) is 0 Å². The molecule has 198 valence electrons. The SMILES string of the molecule is CC(C)(C)OC(=O)N1CC2CC(C1)N2CCC(=O)Nc1cc2c(cn1)C(=O)N(C1CCC(=O)NC1=O)C2. The number of piperazine rings is 1. The normalized spacial score (nSPS) is 25.4. The number of anilines is 1. The first kappa shape index (κ1) is 25.1. The van der Waals surface area contributed by atoms with Gasteiger partial charge in [0.25, 0.3) is 5.91 Å². The second-order valence-corrected chi connectivity index (χ2v) is 11.1. The van der Waals surface area contributed by atoms with Gasteiger partial charge in [-0.3, -0.25) is 29.4 Å². The van der Waals surface area contributed by atoms with Crippen LogP contribution in [-0.2, 0) is 25.7 Å². The molecule has 5 aliphatic heterocycles. The first-order chi connectivity index (χ1) is 17.5. The number of amides is 5. The van der Waals surface area contributed by atoms with Gasteiger partial charge in [-0.2, -0.15) is 0 Å². The Morgan fingerprint density at radius 2 is 1.92 bits per heavy atom. The molecule has 4 fully saturated rings. The van der Waals surface area contributed by atoms with Crippen molar-refractivity contribution >= 4 is 35.5 Å². The quantitative estimate of drug-likeness (QED) is 0.554. The van der Waals surface area contributed by atoms with E-state index in [0.717, 1.165) is 6.42 Å². The molecule has 5 amide bonds. The average molecular weight is 513 g/mol. The highest BCUT2D eigenvalue weighted by molar-refractivity contribution is 6.05. The van der Waals surface area contributed by atoms with Crippen molar-refractivity contribution < 1.29 is 28.7 Å². The average Bonchev–Trinajstić information content (AvgIpc) is 3.13. The van der Waals surface area contributed by atoms with Crippen LogP contribution >= 0.6 is 0 Å². The monoisotopic (exact) mass is 512 g/mol. The maximum atomic E-state index is 12.8. The van der Waals surface area contributed by atoms with Crippen molar-refractivity contribution in [3.63, 3.8) is 0 Å². The van der Waals surface area contributed by atoms with Crippen LogP contribution < -0.4 is 10.6 Å². The zero-order chi connectivity index (χ0) is 26.5. The van der Waals surface area contributed by atoms with E-state index < -0.39 is 17.6 Å². The Labute approximate surface area is 214 Å². The maximum absolute atomic E-state index is 12.8. The molecule has 1 aromatic heterocycles. The van der Waals surface area contributed by atoms with Crippen molar-refractivity contribution in [1.29, 1.82) is 0 Å². The van der Waals surface area contributed by atoms with Crippen LogP contribution in [0.15, 0.2) is 12.3 Å². The predicted molar refractivity (Wildman–Crippen MR) is 130 cm³/mol. The molecular weight excluding hydrogens is 480 g/mol. The second-order valence-electron chi connectivity index (χ2n) is 11.1. The minimum absolute atomic E-state index is 0.187. The van der Waals surface area contributed by atoms with E-state index in [0.29, 0.717) is 36.6 Å². The van der Waals surface area contributed by atoms with Gasteiger partial charge in [-0.25, -0.2) is 9.78 Å². The molecule has 3 unspecified atom stereocenters. The molecule has 37 heavy (non-hydrogen) atoms. The summed E-state index contributed by atoms with van der Waals surface area (Å²) >= 11 is 0. The summed E-state index contributed by atoms with van der Waals surface area (Å²) in [5.41, 5.74) is 0.545. The first-order valence-electron chi connectivity index (χ1n) is 12.7. The van der Waals surface area contributed by atoms with Crippen molar-refractivity contribution in [3.8, 4) is 0 Å². The van der Waals surface area contributed by atoms with Crippen LogP contribution in [0.3, 0.4) is 0 Å². The van der Waals surface area contributed by atoms with E-state index in [-0.39, 0.29) is 61.7 Å². The number of fused-ring (bicyclic) bond motifs is 3. The minimum Gasteiger partial charge on any atom is -0.444 e. The maximum Gasteiger partial charge on any atom is 0.410 e. The molecule has 0 aromatic carbocycles. The molecule has 5 aliphatic rings. The number of rotatable bonds is 5. The summed E-state index contributed by atoms with van der Waals surface area (Å²) < 4.78 is 5.47. The van der Waals surface area contributed by atoms with Gasteiger partial charge in [-0.05, 0) is 45.2 Å². The van der Waals surface area contributed by atoms with Gasteiger partial charge in [0.05, 0.1) is 5.56 Å². The number of ether oxygens (including phenoxy) is 1. The van der Waals surface area contributed by atoms with Crippen LogP contribution in [0, 0.1) is 0 Å². The number of pyridine rings is 1. The number of hydrogen-bond acceptors (Lipinski definition) is 8.